The smallest absolute Gasteiger partial charge is 0.0456 e. The fourth-order valence-electron chi connectivity index (χ4n) is 4.74. The highest BCUT2D eigenvalue weighted by Gasteiger charge is 2.30. The van der Waals surface area contributed by atoms with Crippen LogP contribution in [-0.4, -0.2) is 32.7 Å². The third kappa shape index (κ3) is 3.22. The summed E-state index contributed by atoms with van der Waals surface area (Å²) >= 11 is 0. The first-order valence-electron chi connectivity index (χ1n) is 10.5. The van der Waals surface area contributed by atoms with Crippen molar-refractivity contribution in [2.24, 2.45) is 0 Å². The van der Waals surface area contributed by atoms with Gasteiger partial charge in [0.2, 0.25) is 0 Å². The second-order valence-electron chi connectivity index (χ2n) is 7.78. The summed E-state index contributed by atoms with van der Waals surface area (Å²) in [5.74, 6) is 0.250. The van der Waals surface area contributed by atoms with Crippen molar-refractivity contribution in [1.82, 2.24) is 5.32 Å². The molecule has 0 aliphatic carbocycles. The van der Waals surface area contributed by atoms with Crippen LogP contribution in [0.15, 0.2) is 85.5 Å². The lowest BCUT2D eigenvalue weighted by molar-refractivity contribution is 0.589. The van der Waals surface area contributed by atoms with Gasteiger partial charge in [0.1, 0.15) is 0 Å². The Morgan fingerprint density at radius 1 is 0.828 bits per heavy atom. The lowest BCUT2D eigenvalue weighted by atomic mass is 9.80. The third-order valence-corrected chi connectivity index (χ3v) is 6.10. The van der Waals surface area contributed by atoms with E-state index in [1.807, 2.05) is 6.08 Å². The monoisotopic (exact) mass is 381 g/mol. The van der Waals surface area contributed by atoms with E-state index in [4.69, 9.17) is 0 Å². The fraction of sp³-hybridized carbons (Fsp3) is 0.231. The summed E-state index contributed by atoms with van der Waals surface area (Å²) in [5.41, 5.74) is 7.96. The van der Waals surface area contributed by atoms with Crippen LogP contribution in [0.4, 0.5) is 17.1 Å². The predicted molar refractivity (Wildman–Crippen MR) is 123 cm³/mol. The minimum Gasteiger partial charge on any atom is -0.369 e. The Balaban J connectivity index is 1.58. The van der Waals surface area contributed by atoms with Gasteiger partial charge in [0.05, 0.1) is 0 Å². The molecule has 0 saturated carbocycles. The Morgan fingerprint density at radius 2 is 1.41 bits per heavy atom. The highest BCUT2D eigenvalue weighted by molar-refractivity contribution is 5.78. The van der Waals surface area contributed by atoms with Crippen molar-refractivity contribution in [2.75, 3.05) is 42.5 Å². The number of para-hydroxylation sites is 2. The molecule has 3 heteroatoms. The van der Waals surface area contributed by atoms with Gasteiger partial charge in [-0.15, -0.1) is 6.58 Å². The lowest BCUT2D eigenvalue weighted by Crippen LogP contribution is -2.43. The van der Waals surface area contributed by atoms with E-state index < -0.39 is 0 Å². The molecule has 3 nitrogen and oxygen atoms in total. The van der Waals surface area contributed by atoms with E-state index in [0.29, 0.717) is 0 Å². The number of anilines is 3. The SMILES string of the molecule is C=CCN1c2ccccc2C(c2ccc(N3CCNCC3)cc2)c2ccccc21. The van der Waals surface area contributed by atoms with Crippen molar-refractivity contribution in [1.29, 1.82) is 0 Å². The number of benzene rings is 3. The van der Waals surface area contributed by atoms with Crippen molar-refractivity contribution in [2.45, 2.75) is 5.92 Å². The summed E-state index contributed by atoms with van der Waals surface area (Å²) in [6, 6.07) is 26.8. The second-order valence-corrected chi connectivity index (χ2v) is 7.78. The van der Waals surface area contributed by atoms with Gasteiger partial charge >= 0.3 is 0 Å². The number of rotatable bonds is 4. The van der Waals surface area contributed by atoms with Crippen LogP contribution < -0.4 is 15.1 Å². The van der Waals surface area contributed by atoms with Gasteiger partial charge in [0.15, 0.2) is 0 Å². The minimum absolute atomic E-state index is 0.250. The van der Waals surface area contributed by atoms with Gasteiger partial charge in [-0.1, -0.05) is 54.6 Å². The van der Waals surface area contributed by atoms with E-state index in [9.17, 15) is 0 Å². The van der Waals surface area contributed by atoms with Crippen LogP contribution in [0.5, 0.6) is 0 Å². The van der Waals surface area contributed by atoms with E-state index in [-0.39, 0.29) is 5.92 Å². The summed E-state index contributed by atoms with van der Waals surface area (Å²) in [6.07, 6.45) is 1.98. The first kappa shape index (κ1) is 18.0. The normalized spacial score (nSPS) is 16.3. The molecule has 0 atom stereocenters. The maximum Gasteiger partial charge on any atom is 0.0456 e. The molecule has 0 spiro atoms. The van der Waals surface area contributed by atoms with Gasteiger partial charge in [-0.3, -0.25) is 0 Å². The standard InChI is InChI=1S/C26H27N3/c1-2-17-29-24-9-5-3-7-22(24)26(23-8-4-6-10-25(23)29)20-11-13-21(14-12-20)28-18-15-27-16-19-28/h2-14,26-27H,1,15-19H2. The van der Waals surface area contributed by atoms with Crippen LogP contribution in [0.2, 0.25) is 0 Å². The largest absolute Gasteiger partial charge is 0.369 e. The van der Waals surface area contributed by atoms with E-state index in [1.165, 1.54) is 33.8 Å². The Morgan fingerprint density at radius 3 is 2.00 bits per heavy atom. The molecule has 0 amide bonds. The maximum atomic E-state index is 3.98. The van der Waals surface area contributed by atoms with Crippen LogP contribution >= 0.6 is 0 Å². The molecule has 0 bridgehead atoms. The van der Waals surface area contributed by atoms with Crippen LogP contribution in [0.25, 0.3) is 0 Å². The third-order valence-electron chi connectivity index (χ3n) is 6.10. The van der Waals surface area contributed by atoms with Crippen LogP contribution in [0.1, 0.15) is 22.6 Å². The van der Waals surface area contributed by atoms with E-state index in [2.05, 4.69) is 94.5 Å². The molecule has 3 aromatic rings. The minimum atomic E-state index is 0.250. The molecule has 1 N–H and O–H groups in total. The molecule has 0 aromatic heterocycles. The summed E-state index contributed by atoms with van der Waals surface area (Å²) in [6.45, 7) is 9.06. The Labute approximate surface area is 173 Å². The van der Waals surface area contributed by atoms with Crippen molar-refractivity contribution in [3.05, 3.63) is 102 Å². The molecule has 2 aliphatic heterocycles. The van der Waals surface area contributed by atoms with E-state index in [0.717, 1.165) is 32.7 Å². The van der Waals surface area contributed by atoms with Crippen molar-refractivity contribution in [3.63, 3.8) is 0 Å². The quantitative estimate of drug-likeness (QED) is 0.648. The molecule has 0 unspecified atom stereocenters. The molecule has 2 heterocycles. The lowest BCUT2D eigenvalue weighted by Gasteiger charge is -2.37. The van der Waals surface area contributed by atoms with Gasteiger partial charge in [0.25, 0.3) is 0 Å². The zero-order chi connectivity index (χ0) is 19.6. The fourth-order valence-corrected chi connectivity index (χ4v) is 4.74. The number of nitrogens with zero attached hydrogens (tertiary/aromatic N) is 2. The van der Waals surface area contributed by atoms with E-state index in [1.54, 1.807) is 0 Å². The molecule has 3 aromatic carbocycles. The van der Waals surface area contributed by atoms with Crippen molar-refractivity contribution < 1.29 is 0 Å². The number of fused-ring (bicyclic) bond motifs is 2. The number of piperazine rings is 1. The summed E-state index contributed by atoms with van der Waals surface area (Å²) in [5, 5.41) is 3.43. The zero-order valence-corrected chi connectivity index (χ0v) is 16.7. The van der Waals surface area contributed by atoms with Gasteiger partial charge < -0.3 is 15.1 Å². The molecule has 1 fully saturated rings. The van der Waals surface area contributed by atoms with Crippen molar-refractivity contribution >= 4 is 17.1 Å². The molecule has 0 radical (unpaired) electrons. The summed E-state index contributed by atoms with van der Waals surface area (Å²) in [4.78, 5) is 4.85. The average Bonchev–Trinajstić information content (AvgIpc) is 2.80. The van der Waals surface area contributed by atoms with Gasteiger partial charge in [0, 0.05) is 55.7 Å². The second kappa shape index (κ2) is 7.76. The zero-order valence-electron chi connectivity index (χ0n) is 16.7. The van der Waals surface area contributed by atoms with Gasteiger partial charge in [-0.25, -0.2) is 0 Å². The molecule has 1 saturated heterocycles. The van der Waals surface area contributed by atoms with Gasteiger partial charge in [-0.05, 0) is 41.0 Å². The average molecular weight is 382 g/mol. The van der Waals surface area contributed by atoms with Crippen molar-refractivity contribution in [3.8, 4) is 0 Å². The summed E-state index contributed by atoms with van der Waals surface area (Å²) in [7, 11) is 0. The molecular formula is C26H27N3. The first-order valence-corrected chi connectivity index (χ1v) is 10.5. The van der Waals surface area contributed by atoms with Crippen LogP contribution in [0.3, 0.4) is 0 Å². The molecule has 146 valence electrons. The Bertz CT molecular complexity index is 955. The number of hydrogen-bond acceptors (Lipinski definition) is 3. The van der Waals surface area contributed by atoms with Gasteiger partial charge in [-0.2, -0.15) is 0 Å². The topological polar surface area (TPSA) is 18.5 Å². The molecule has 5 rings (SSSR count). The highest BCUT2D eigenvalue weighted by atomic mass is 15.2. The number of hydrogen-bond donors (Lipinski definition) is 1. The van der Waals surface area contributed by atoms with Crippen LogP contribution in [0, 0.1) is 0 Å². The summed E-state index contributed by atoms with van der Waals surface area (Å²) < 4.78 is 0. The molecular weight excluding hydrogens is 354 g/mol. The molecule has 29 heavy (non-hydrogen) atoms. The van der Waals surface area contributed by atoms with Crippen LogP contribution in [-0.2, 0) is 0 Å². The highest BCUT2D eigenvalue weighted by Crippen LogP contribution is 2.48. The Hall–Kier alpha value is -3.04. The first-order chi connectivity index (χ1) is 14.4. The number of nitrogens with one attached hydrogen (secondary N) is 1. The molecule has 2 aliphatic rings. The maximum absolute atomic E-state index is 3.98. The predicted octanol–water partition coefficient (Wildman–Crippen LogP) is 4.91. The Kier molecular flexibility index (Phi) is 4.82. The van der Waals surface area contributed by atoms with E-state index >= 15 is 0 Å².